The Labute approximate surface area is 116 Å². The summed E-state index contributed by atoms with van der Waals surface area (Å²) in [5.41, 5.74) is 0. The average molecular weight is 252 g/mol. The zero-order chi connectivity index (χ0) is 13.3. The second-order valence-corrected chi connectivity index (χ2v) is 5.56. The van der Waals surface area contributed by atoms with Gasteiger partial charge in [0.15, 0.2) is 0 Å². The molecule has 0 radical (unpaired) electrons. The van der Waals surface area contributed by atoms with Crippen molar-refractivity contribution in [1.82, 2.24) is 0 Å². The molecule has 0 heteroatoms. The number of allylic oxidation sites excluding steroid dienone is 2. The molecule has 0 fully saturated rings. The third-order valence-corrected chi connectivity index (χ3v) is 3.63. The van der Waals surface area contributed by atoms with E-state index in [-0.39, 0.29) is 0 Å². The Hall–Kier alpha value is -0.260. The molecule has 0 aromatic rings. The average Bonchev–Trinajstić information content (AvgIpc) is 2.39. The molecule has 0 spiro atoms. The number of hydrogen-bond donors (Lipinski definition) is 0. The molecule has 0 amide bonds. The number of hydrogen-bond acceptors (Lipinski definition) is 0. The molecule has 0 unspecified atom stereocenters. The Kier molecular flexibility index (Phi) is 16.5. The molecule has 0 bridgehead atoms. The highest BCUT2D eigenvalue weighted by Crippen LogP contribution is 2.12. The highest BCUT2D eigenvalue weighted by molar-refractivity contribution is 4.79. The van der Waals surface area contributed by atoms with E-state index in [9.17, 15) is 0 Å². The van der Waals surface area contributed by atoms with Gasteiger partial charge in [0.25, 0.3) is 0 Å². The van der Waals surface area contributed by atoms with E-state index in [0.717, 1.165) is 0 Å². The van der Waals surface area contributed by atoms with Gasteiger partial charge in [-0.25, -0.2) is 0 Å². The molecular weight excluding hydrogens is 216 g/mol. The fourth-order valence-corrected chi connectivity index (χ4v) is 2.39. The second kappa shape index (κ2) is 16.7. The van der Waals surface area contributed by atoms with E-state index in [1.165, 1.54) is 89.9 Å². The molecule has 0 N–H and O–H groups in total. The Bertz CT molecular complexity index is 157. The maximum Gasteiger partial charge on any atom is -0.0351 e. The van der Waals surface area contributed by atoms with E-state index in [0.29, 0.717) is 0 Å². The van der Waals surface area contributed by atoms with Crippen LogP contribution in [0, 0.1) is 0 Å². The fraction of sp³-hybridized carbons (Fsp3) is 0.889. The highest BCUT2D eigenvalue weighted by atomic mass is 14.0. The van der Waals surface area contributed by atoms with Gasteiger partial charge in [-0.05, 0) is 19.3 Å². The van der Waals surface area contributed by atoms with Crippen molar-refractivity contribution >= 4 is 0 Å². The first-order valence-electron chi connectivity index (χ1n) is 8.56. The lowest BCUT2D eigenvalue weighted by molar-refractivity contribution is 0.545. The van der Waals surface area contributed by atoms with Crippen molar-refractivity contribution in [2.75, 3.05) is 0 Å². The third kappa shape index (κ3) is 15.7. The minimum absolute atomic E-state index is 1.19. The molecule has 0 atom stereocenters. The van der Waals surface area contributed by atoms with Crippen LogP contribution < -0.4 is 0 Å². The SMILES string of the molecule is CC/C=C/CCCCCCCCCCCCCC. The number of unbranched alkanes of at least 4 members (excludes halogenated alkanes) is 12. The van der Waals surface area contributed by atoms with E-state index in [1.807, 2.05) is 0 Å². The van der Waals surface area contributed by atoms with Crippen LogP contribution in [0.4, 0.5) is 0 Å². The largest absolute Gasteiger partial charge is 0.0888 e. The summed E-state index contributed by atoms with van der Waals surface area (Å²) in [4.78, 5) is 0. The first-order chi connectivity index (χ1) is 8.91. The molecule has 0 rings (SSSR count). The molecule has 0 saturated heterocycles. The first kappa shape index (κ1) is 17.7. The van der Waals surface area contributed by atoms with Crippen molar-refractivity contribution in [3.05, 3.63) is 12.2 Å². The third-order valence-electron chi connectivity index (χ3n) is 3.63. The summed E-state index contributed by atoms with van der Waals surface area (Å²) in [6.07, 6.45) is 24.5. The molecule has 0 aliphatic rings. The van der Waals surface area contributed by atoms with Gasteiger partial charge >= 0.3 is 0 Å². The molecule has 0 nitrogen and oxygen atoms in total. The van der Waals surface area contributed by atoms with Gasteiger partial charge in [-0.3, -0.25) is 0 Å². The molecule has 0 saturated carbocycles. The van der Waals surface area contributed by atoms with E-state index in [4.69, 9.17) is 0 Å². The molecule has 0 heterocycles. The molecule has 108 valence electrons. The van der Waals surface area contributed by atoms with E-state index in [1.54, 1.807) is 0 Å². The summed E-state index contributed by atoms with van der Waals surface area (Å²) in [7, 11) is 0. The fourth-order valence-electron chi connectivity index (χ4n) is 2.39. The summed E-state index contributed by atoms with van der Waals surface area (Å²) in [5, 5.41) is 0. The smallest absolute Gasteiger partial charge is 0.0351 e. The second-order valence-electron chi connectivity index (χ2n) is 5.56. The highest BCUT2D eigenvalue weighted by Gasteiger charge is 1.92. The van der Waals surface area contributed by atoms with Crippen LogP contribution in [0.1, 0.15) is 104 Å². The van der Waals surface area contributed by atoms with Crippen molar-refractivity contribution in [1.29, 1.82) is 0 Å². The molecule has 0 aromatic carbocycles. The van der Waals surface area contributed by atoms with Crippen LogP contribution in [0.3, 0.4) is 0 Å². The minimum Gasteiger partial charge on any atom is -0.0888 e. The lowest BCUT2D eigenvalue weighted by Gasteiger charge is -2.02. The van der Waals surface area contributed by atoms with Crippen molar-refractivity contribution < 1.29 is 0 Å². The van der Waals surface area contributed by atoms with E-state index in [2.05, 4.69) is 26.0 Å². The number of rotatable bonds is 14. The van der Waals surface area contributed by atoms with Gasteiger partial charge in [0, 0.05) is 0 Å². The summed E-state index contributed by atoms with van der Waals surface area (Å²) in [5.74, 6) is 0. The van der Waals surface area contributed by atoms with Crippen LogP contribution in [0.5, 0.6) is 0 Å². The zero-order valence-electron chi connectivity index (χ0n) is 13.1. The molecule has 0 aliphatic heterocycles. The van der Waals surface area contributed by atoms with Crippen molar-refractivity contribution in [2.24, 2.45) is 0 Å². The van der Waals surface area contributed by atoms with Crippen LogP contribution in [-0.2, 0) is 0 Å². The minimum atomic E-state index is 1.19. The van der Waals surface area contributed by atoms with E-state index < -0.39 is 0 Å². The Morgan fingerprint density at radius 3 is 1.39 bits per heavy atom. The van der Waals surface area contributed by atoms with Crippen molar-refractivity contribution in [3.8, 4) is 0 Å². The normalized spacial score (nSPS) is 11.4. The quantitative estimate of drug-likeness (QED) is 0.230. The van der Waals surface area contributed by atoms with Gasteiger partial charge < -0.3 is 0 Å². The van der Waals surface area contributed by atoms with Gasteiger partial charge in [-0.15, -0.1) is 0 Å². The Balaban J connectivity index is 2.92. The summed E-state index contributed by atoms with van der Waals surface area (Å²) >= 11 is 0. The molecule has 18 heavy (non-hydrogen) atoms. The predicted molar refractivity (Wildman–Crippen MR) is 85.1 cm³/mol. The zero-order valence-corrected chi connectivity index (χ0v) is 13.1. The maximum atomic E-state index is 2.34. The van der Waals surface area contributed by atoms with Gasteiger partial charge in [0.05, 0.1) is 0 Å². The molecule has 0 aromatic heterocycles. The van der Waals surface area contributed by atoms with Crippen LogP contribution in [0.15, 0.2) is 12.2 Å². The lowest BCUT2D eigenvalue weighted by atomic mass is 10.0. The summed E-state index contributed by atoms with van der Waals surface area (Å²) < 4.78 is 0. The van der Waals surface area contributed by atoms with Crippen molar-refractivity contribution in [2.45, 2.75) is 104 Å². The monoisotopic (exact) mass is 252 g/mol. The van der Waals surface area contributed by atoms with Gasteiger partial charge in [-0.2, -0.15) is 0 Å². The topological polar surface area (TPSA) is 0 Å². The van der Waals surface area contributed by atoms with Crippen LogP contribution >= 0.6 is 0 Å². The van der Waals surface area contributed by atoms with Gasteiger partial charge in [0.1, 0.15) is 0 Å². The van der Waals surface area contributed by atoms with Crippen LogP contribution in [0.2, 0.25) is 0 Å². The van der Waals surface area contributed by atoms with Gasteiger partial charge in [-0.1, -0.05) is 96.6 Å². The van der Waals surface area contributed by atoms with E-state index >= 15 is 0 Å². The summed E-state index contributed by atoms with van der Waals surface area (Å²) in [6, 6.07) is 0. The Morgan fingerprint density at radius 1 is 0.500 bits per heavy atom. The van der Waals surface area contributed by atoms with Crippen LogP contribution in [-0.4, -0.2) is 0 Å². The Morgan fingerprint density at radius 2 is 0.944 bits per heavy atom. The molecule has 0 aliphatic carbocycles. The molecular formula is C18H36. The van der Waals surface area contributed by atoms with Crippen LogP contribution in [0.25, 0.3) is 0 Å². The lowest BCUT2D eigenvalue weighted by Crippen LogP contribution is -1.82. The predicted octanol–water partition coefficient (Wildman–Crippen LogP) is 7.04. The maximum absolute atomic E-state index is 2.34. The van der Waals surface area contributed by atoms with Crippen molar-refractivity contribution in [3.63, 3.8) is 0 Å². The standard InChI is InChI=1S/C18H36/c1-3-5-7-9-11-13-15-17-18-16-14-12-10-8-6-4-2/h5,7H,3-4,6,8-18H2,1-2H3/b7-5+. The summed E-state index contributed by atoms with van der Waals surface area (Å²) in [6.45, 7) is 4.50. The first-order valence-corrected chi connectivity index (χ1v) is 8.56. The van der Waals surface area contributed by atoms with Gasteiger partial charge in [0.2, 0.25) is 0 Å².